The summed E-state index contributed by atoms with van der Waals surface area (Å²) in [6, 6.07) is 0. The van der Waals surface area contributed by atoms with Gasteiger partial charge in [-0.05, 0) is 0 Å². The van der Waals surface area contributed by atoms with Crippen molar-refractivity contribution in [3.63, 3.8) is 0 Å². The topological polar surface area (TPSA) is 106 Å². The molecule has 0 radical (unpaired) electrons. The third kappa shape index (κ3) is 2.98. The van der Waals surface area contributed by atoms with Gasteiger partial charge in [0.15, 0.2) is 5.82 Å². The summed E-state index contributed by atoms with van der Waals surface area (Å²) < 4.78 is 21.9. The van der Waals surface area contributed by atoms with Gasteiger partial charge in [-0.2, -0.15) is 0 Å². The first-order chi connectivity index (χ1) is 7.96. The molecule has 2 N–H and O–H groups in total. The predicted molar refractivity (Wildman–Crippen MR) is 60.5 cm³/mol. The van der Waals surface area contributed by atoms with Crippen LogP contribution in [-0.2, 0) is 14.8 Å². The van der Waals surface area contributed by atoms with Gasteiger partial charge < -0.3 is 0 Å². The van der Waals surface area contributed by atoms with Crippen molar-refractivity contribution in [1.29, 1.82) is 0 Å². The van der Waals surface area contributed by atoms with Crippen molar-refractivity contribution in [2.75, 3.05) is 17.2 Å². The summed E-state index contributed by atoms with van der Waals surface area (Å²) in [5.74, 6) is -0.178. The number of hydrogen-bond donors (Lipinski definition) is 1. The molecular formula is C9H12N4O3S. The van der Waals surface area contributed by atoms with Crippen LogP contribution in [0.2, 0.25) is 0 Å². The lowest BCUT2D eigenvalue weighted by Gasteiger charge is -2.14. The SMILES string of the molecule is NS(=O)(=O)CC1CC(=O)N(c2cnccn2)C1. The van der Waals surface area contributed by atoms with Crippen LogP contribution in [0.4, 0.5) is 5.82 Å². The number of nitrogens with two attached hydrogens (primary N) is 1. The van der Waals surface area contributed by atoms with Gasteiger partial charge in [0, 0.05) is 31.3 Å². The molecule has 1 aliphatic rings. The minimum atomic E-state index is -3.55. The summed E-state index contributed by atoms with van der Waals surface area (Å²) in [6.07, 6.45) is 4.63. The van der Waals surface area contributed by atoms with E-state index in [0.717, 1.165) is 0 Å². The van der Waals surface area contributed by atoms with Gasteiger partial charge in [0.05, 0.1) is 11.9 Å². The molecule has 8 heteroatoms. The molecular weight excluding hydrogens is 244 g/mol. The van der Waals surface area contributed by atoms with Crippen LogP contribution in [0.1, 0.15) is 6.42 Å². The second-order valence-electron chi connectivity index (χ2n) is 3.97. The number of amides is 1. The summed E-state index contributed by atoms with van der Waals surface area (Å²) in [6.45, 7) is 0.313. The van der Waals surface area contributed by atoms with Crippen molar-refractivity contribution in [3.05, 3.63) is 18.6 Å². The van der Waals surface area contributed by atoms with Crippen LogP contribution < -0.4 is 10.0 Å². The van der Waals surface area contributed by atoms with Crippen LogP contribution in [0.3, 0.4) is 0 Å². The lowest BCUT2D eigenvalue weighted by molar-refractivity contribution is -0.117. The Morgan fingerprint density at radius 1 is 1.47 bits per heavy atom. The van der Waals surface area contributed by atoms with E-state index >= 15 is 0 Å². The van der Waals surface area contributed by atoms with Gasteiger partial charge in [-0.1, -0.05) is 0 Å². The van der Waals surface area contributed by atoms with Crippen molar-refractivity contribution < 1.29 is 13.2 Å². The molecule has 0 aromatic carbocycles. The Kier molecular flexibility index (Phi) is 3.07. The molecule has 1 saturated heterocycles. The lowest BCUT2D eigenvalue weighted by atomic mass is 10.1. The third-order valence-corrected chi connectivity index (χ3v) is 3.44. The predicted octanol–water partition coefficient (Wildman–Crippen LogP) is -0.882. The molecule has 7 nitrogen and oxygen atoms in total. The highest BCUT2D eigenvalue weighted by molar-refractivity contribution is 7.89. The van der Waals surface area contributed by atoms with E-state index in [9.17, 15) is 13.2 Å². The van der Waals surface area contributed by atoms with E-state index in [2.05, 4.69) is 9.97 Å². The molecule has 1 fully saturated rings. The number of primary sulfonamides is 1. The smallest absolute Gasteiger partial charge is 0.228 e. The van der Waals surface area contributed by atoms with Gasteiger partial charge in [0.1, 0.15) is 0 Å². The number of rotatable bonds is 3. The van der Waals surface area contributed by atoms with Gasteiger partial charge in [-0.3, -0.25) is 14.7 Å². The fourth-order valence-corrected chi connectivity index (χ4v) is 2.75. The minimum absolute atomic E-state index is 0.154. The zero-order chi connectivity index (χ0) is 12.5. The van der Waals surface area contributed by atoms with E-state index in [4.69, 9.17) is 5.14 Å². The number of hydrogen-bond acceptors (Lipinski definition) is 5. The molecule has 1 aromatic heterocycles. The fourth-order valence-electron chi connectivity index (χ4n) is 1.87. The summed E-state index contributed by atoms with van der Waals surface area (Å²) in [7, 11) is -3.55. The molecule has 92 valence electrons. The summed E-state index contributed by atoms with van der Waals surface area (Å²) in [5.41, 5.74) is 0. The first kappa shape index (κ1) is 11.9. The average molecular weight is 256 g/mol. The molecule has 1 unspecified atom stereocenters. The van der Waals surface area contributed by atoms with E-state index < -0.39 is 10.0 Å². The highest BCUT2D eigenvalue weighted by Gasteiger charge is 2.33. The van der Waals surface area contributed by atoms with Crippen LogP contribution in [0.5, 0.6) is 0 Å². The Morgan fingerprint density at radius 2 is 2.24 bits per heavy atom. The van der Waals surface area contributed by atoms with E-state index in [1.54, 1.807) is 0 Å². The van der Waals surface area contributed by atoms with E-state index in [0.29, 0.717) is 12.4 Å². The Bertz CT molecular complexity index is 516. The Morgan fingerprint density at radius 3 is 2.82 bits per heavy atom. The van der Waals surface area contributed by atoms with Crippen molar-refractivity contribution in [1.82, 2.24) is 9.97 Å². The number of sulfonamides is 1. The second kappa shape index (κ2) is 4.38. The van der Waals surface area contributed by atoms with Gasteiger partial charge in [0.2, 0.25) is 15.9 Å². The molecule has 1 aromatic rings. The van der Waals surface area contributed by atoms with Gasteiger partial charge in [0.25, 0.3) is 0 Å². The molecule has 0 bridgehead atoms. The van der Waals surface area contributed by atoms with Gasteiger partial charge >= 0.3 is 0 Å². The quantitative estimate of drug-likeness (QED) is 0.755. The van der Waals surface area contributed by atoms with E-state index in [1.165, 1.54) is 23.5 Å². The first-order valence-electron chi connectivity index (χ1n) is 5.02. The summed E-state index contributed by atoms with van der Waals surface area (Å²) in [4.78, 5) is 21.0. The number of carbonyl (C=O) groups excluding carboxylic acids is 1. The summed E-state index contributed by atoms with van der Waals surface area (Å²) in [5, 5.41) is 4.96. The van der Waals surface area contributed by atoms with Crippen molar-refractivity contribution in [2.24, 2.45) is 11.1 Å². The molecule has 17 heavy (non-hydrogen) atoms. The Hall–Kier alpha value is -1.54. The molecule has 1 aliphatic heterocycles. The maximum Gasteiger partial charge on any atom is 0.228 e. The van der Waals surface area contributed by atoms with E-state index in [-0.39, 0.29) is 24.0 Å². The number of anilines is 1. The maximum atomic E-state index is 11.7. The Labute approximate surface area is 98.7 Å². The molecule has 0 saturated carbocycles. The zero-order valence-electron chi connectivity index (χ0n) is 8.98. The van der Waals surface area contributed by atoms with Crippen molar-refractivity contribution in [3.8, 4) is 0 Å². The zero-order valence-corrected chi connectivity index (χ0v) is 9.80. The van der Waals surface area contributed by atoms with Gasteiger partial charge in [-0.25, -0.2) is 18.5 Å². The minimum Gasteiger partial charge on any atom is -0.295 e. The first-order valence-corrected chi connectivity index (χ1v) is 6.74. The van der Waals surface area contributed by atoms with Crippen LogP contribution in [0.15, 0.2) is 18.6 Å². The standard InChI is InChI=1S/C9H12N4O3S/c10-17(15,16)6-7-3-9(14)13(5-7)8-4-11-1-2-12-8/h1-2,4,7H,3,5-6H2,(H2,10,15,16). The third-order valence-electron chi connectivity index (χ3n) is 2.50. The normalized spacial score (nSPS) is 20.9. The maximum absolute atomic E-state index is 11.7. The number of nitrogens with zero attached hydrogens (tertiary/aromatic N) is 3. The van der Waals surface area contributed by atoms with Crippen LogP contribution in [0.25, 0.3) is 0 Å². The highest BCUT2D eigenvalue weighted by atomic mass is 32.2. The van der Waals surface area contributed by atoms with Crippen LogP contribution in [0, 0.1) is 5.92 Å². The monoisotopic (exact) mass is 256 g/mol. The highest BCUT2D eigenvalue weighted by Crippen LogP contribution is 2.23. The number of aromatic nitrogens is 2. The average Bonchev–Trinajstić information content (AvgIpc) is 2.58. The molecule has 0 spiro atoms. The van der Waals surface area contributed by atoms with Crippen LogP contribution >= 0.6 is 0 Å². The van der Waals surface area contributed by atoms with Crippen molar-refractivity contribution in [2.45, 2.75) is 6.42 Å². The van der Waals surface area contributed by atoms with Gasteiger partial charge in [-0.15, -0.1) is 0 Å². The van der Waals surface area contributed by atoms with E-state index in [1.807, 2.05) is 0 Å². The Balaban J connectivity index is 2.11. The molecule has 2 rings (SSSR count). The molecule has 0 aliphatic carbocycles. The lowest BCUT2D eigenvalue weighted by Crippen LogP contribution is -2.28. The molecule has 2 heterocycles. The number of carbonyl (C=O) groups is 1. The molecule has 1 amide bonds. The largest absolute Gasteiger partial charge is 0.295 e. The fraction of sp³-hybridized carbons (Fsp3) is 0.444. The molecule has 1 atom stereocenters. The van der Waals surface area contributed by atoms with Crippen molar-refractivity contribution >= 4 is 21.7 Å². The second-order valence-corrected chi connectivity index (χ2v) is 5.63. The summed E-state index contributed by atoms with van der Waals surface area (Å²) >= 11 is 0. The van der Waals surface area contributed by atoms with Crippen LogP contribution in [-0.4, -0.2) is 36.6 Å².